The Labute approximate surface area is 174 Å². The predicted octanol–water partition coefficient (Wildman–Crippen LogP) is 6.10. The molecular weight excluding hydrogens is 368 g/mol. The second kappa shape index (κ2) is 14.1. The number of nitrogens with one attached hydrogen (secondary N) is 1. The molecule has 0 saturated carbocycles. The number of thioether (sulfide) groups is 1. The van der Waals surface area contributed by atoms with Gasteiger partial charge in [0.2, 0.25) is 0 Å². The van der Waals surface area contributed by atoms with Crippen LogP contribution in [-0.2, 0) is 4.79 Å². The van der Waals surface area contributed by atoms with Gasteiger partial charge in [0.25, 0.3) is 0 Å². The fourth-order valence-corrected chi connectivity index (χ4v) is 3.53. The Morgan fingerprint density at radius 2 is 1.79 bits per heavy atom. The summed E-state index contributed by atoms with van der Waals surface area (Å²) < 4.78 is 0. The van der Waals surface area contributed by atoms with Crippen molar-refractivity contribution in [3.05, 3.63) is 59.3 Å². The van der Waals surface area contributed by atoms with E-state index in [0.717, 1.165) is 31.4 Å². The number of hydrogen-bond donors (Lipinski definition) is 2. The van der Waals surface area contributed by atoms with Gasteiger partial charge in [-0.05, 0) is 65.5 Å². The minimum atomic E-state index is -0.854. The molecule has 0 saturated heterocycles. The highest BCUT2D eigenvalue weighted by Crippen LogP contribution is 2.14. The molecule has 28 heavy (non-hydrogen) atoms. The van der Waals surface area contributed by atoms with Gasteiger partial charge in [-0.15, -0.1) is 0 Å². The van der Waals surface area contributed by atoms with Crippen molar-refractivity contribution in [3.8, 4) is 0 Å². The normalized spacial score (nSPS) is 13.1. The smallest absolute Gasteiger partial charge is 0.327 e. The lowest BCUT2D eigenvalue weighted by molar-refractivity contribution is -0.137. The lowest BCUT2D eigenvalue weighted by Gasteiger charge is -2.14. The fourth-order valence-electron chi connectivity index (χ4n) is 2.53. The van der Waals surface area contributed by atoms with E-state index in [1.807, 2.05) is 12.1 Å². The number of carboxylic acid groups (broad SMARTS) is 1. The summed E-state index contributed by atoms with van der Waals surface area (Å²) in [6, 6.07) is 4.79. The van der Waals surface area contributed by atoms with Crippen LogP contribution in [0, 0.1) is 0 Å². The molecule has 0 amide bonds. The zero-order valence-electron chi connectivity index (χ0n) is 17.6. The Morgan fingerprint density at radius 3 is 2.39 bits per heavy atom. The number of carboxylic acids is 1. The van der Waals surface area contributed by atoms with Crippen LogP contribution in [0.25, 0.3) is 0 Å². The van der Waals surface area contributed by atoms with Crippen molar-refractivity contribution in [2.75, 3.05) is 16.8 Å². The van der Waals surface area contributed by atoms with E-state index in [9.17, 15) is 9.90 Å². The lowest BCUT2D eigenvalue weighted by Crippen LogP contribution is -2.32. The number of aliphatic carboxylic acids is 1. The summed E-state index contributed by atoms with van der Waals surface area (Å²) in [6.45, 7) is 8.62. The predicted molar refractivity (Wildman–Crippen MR) is 122 cm³/mol. The minimum absolute atomic E-state index is 0.499. The first-order chi connectivity index (χ1) is 13.4. The second-order valence-electron chi connectivity index (χ2n) is 7.25. The molecule has 0 fully saturated rings. The third kappa shape index (κ3) is 11.7. The van der Waals surface area contributed by atoms with Crippen molar-refractivity contribution >= 4 is 23.5 Å². The maximum absolute atomic E-state index is 11.4. The molecule has 1 atom stereocenters. The Hall–Kier alpha value is -2.01. The third-order valence-corrected chi connectivity index (χ3v) is 5.21. The monoisotopic (exact) mass is 402 g/mol. The van der Waals surface area contributed by atoms with Crippen molar-refractivity contribution in [2.24, 2.45) is 0 Å². The molecular formula is C23H34N2O2S. The van der Waals surface area contributed by atoms with Gasteiger partial charge in [0.05, 0.1) is 0 Å². The average molecular weight is 403 g/mol. The lowest BCUT2D eigenvalue weighted by atomic mass is 10.1. The first-order valence-corrected chi connectivity index (χ1v) is 11.0. The summed E-state index contributed by atoms with van der Waals surface area (Å²) >= 11 is 1.62. The Balaban J connectivity index is 2.30. The number of rotatable bonds is 13. The third-order valence-electron chi connectivity index (χ3n) is 4.24. The number of aromatic nitrogens is 1. The summed E-state index contributed by atoms with van der Waals surface area (Å²) in [7, 11) is 0. The van der Waals surface area contributed by atoms with Crippen LogP contribution in [0.2, 0.25) is 0 Å². The molecule has 0 aliphatic carbocycles. The Bertz CT molecular complexity index is 677. The molecule has 1 aromatic heterocycles. The highest BCUT2D eigenvalue weighted by molar-refractivity contribution is 7.99. The van der Waals surface area contributed by atoms with Gasteiger partial charge < -0.3 is 10.4 Å². The molecule has 0 aromatic carbocycles. The van der Waals surface area contributed by atoms with Crippen LogP contribution in [0.1, 0.15) is 53.4 Å². The molecule has 1 rings (SSSR count). The largest absolute Gasteiger partial charge is 0.480 e. The number of hydrogen-bond acceptors (Lipinski definition) is 4. The maximum Gasteiger partial charge on any atom is 0.327 e. The summed E-state index contributed by atoms with van der Waals surface area (Å²) in [4.78, 5) is 15.5. The van der Waals surface area contributed by atoms with E-state index in [1.165, 1.54) is 16.7 Å². The van der Waals surface area contributed by atoms with Gasteiger partial charge in [-0.3, -0.25) is 0 Å². The van der Waals surface area contributed by atoms with E-state index < -0.39 is 12.0 Å². The van der Waals surface area contributed by atoms with Crippen molar-refractivity contribution in [1.29, 1.82) is 0 Å². The molecule has 0 spiro atoms. The van der Waals surface area contributed by atoms with Crippen molar-refractivity contribution < 1.29 is 9.90 Å². The van der Waals surface area contributed by atoms with Crippen LogP contribution >= 0.6 is 11.8 Å². The van der Waals surface area contributed by atoms with Crippen LogP contribution < -0.4 is 5.32 Å². The fraction of sp³-hybridized carbons (Fsp3) is 0.478. The van der Waals surface area contributed by atoms with Crippen LogP contribution in [0.5, 0.6) is 0 Å². The average Bonchev–Trinajstić information content (AvgIpc) is 2.64. The number of allylic oxidation sites excluding steroid dienone is 5. The molecule has 1 aromatic rings. The Morgan fingerprint density at radius 1 is 1.11 bits per heavy atom. The molecule has 0 aliphatic heterocycles. The molecule has 0 radical (unpaired) electrons. The molecule has 1 heterocycles. The molecule has 4 nitrogen and oxygen atoms in total. The van der Waals surface area contributed by atoms with E-state index in [2.05, 4.69) is 56.2 Å². The SMILES string of the molecule is CC(C)=CCC/C(C)=C/CC/C(C)=C/CSCC(Nc1ccccn1)C(=O)O. The standard InChI is InChI=1S/C23H34N2O2S/c1-18(2)9-7-10-19(3)11-8-12-20(4)14-16-28-17-21(23(26)27)25-22-13-5-6-15-24-22/h5-6,9,11,13-15,21H,7-8,10,12,16-17H2,1-4H3,(H,24,25)(H,26,27)/b19-11+,20-14+. The van der Waals surface area contributed by atoms with Gasteiger partial charge in [0.15, 0.2) is 0 Å². The molecule has 154 valence electrons. The summed E-state index contributed by atoms with van der Waals surface area (Å²) in [5, 5.41) is 12.3. The van der Waals surface area contributed by atoms with Crippen molar-refractivity contribution in [2.45, 2.75) is 59.4 Å². The van der Waals surface area contributed by atoms with Gasteiger partial charge in [-0.2, -0.15) is 11.8 Å². The molecule has 5 heteroatoms. The van der Waals surface area contributed by atoms with E-state index in [4.69, 9.17) is 0 Å². The maximum atomic E-state index is 11.4. The van der Waals surface area contributed by atoms with Crippen LogP contribution in [0.15, 0.2) is 59.3 Å². The number of anilines is 1. The minimum Gasteiger partial charge on any atom is -0.480 e. The highest BCUT2D eigenvalue weighted by Gasteiger charge is 2.17. The zero-order valence-corrected chi connectivity index (χ0v) is 18.4. The van der Waals surface area contributed by atoms with E-state index >= 15 is 0 Å². The van der Waals surface area contributed by atoms with Crippen LogP contribution in [0.3, 0.4) is 0 Å². The second-order valence-corrected chi connectivity index (χ2v) is 8.32. The Kier molecular flexibility index (Phi) is 12.1. The number of nitrogens with zero attached hydrogens (tertiary/aromatic N) is 1. The van der Waals surface area contributed by atoms with Crippen LogP contribution in [-0.4, -0.2) is 33.6 Å². The van der Waals surface area contributed by atoms with E-state index in [1.54, 1.807) is 24.0 Å². The number of pyridine rings is 1. The molecule has 0 aliphatic rings. The van der Waals surface area contributed by atoms with E-state index in [-0.39, 0.29) is 0 Å². The molecule has 1 unspecified atom stereocenters. The topological polar surface area (TPSA) is 62.2 Å². The summed E-state index contributed by atoms with van der Waals surface area (Å²) in [6.07, 6.45) is 12.8. The van der Waals surface area contributed by atoms with Gasteiger partial charge in [0.1, 0.15) is 11.9 Å². The first kappa shape index (κ1) is 24.0. The first-order valence-electron chi connectivity index (χ1n) is 9.81. The highest BCUT2D eigenvalue weighted by atomic mass is 32.2. The summed E-state index contributed by atoms with van der Waals surface area (Å²) in [5.74, 6) is 1.06. The molecule has 2 N–H and O–H groups in total. The van der Waals surface area contributed by atoms with Crippen molar-refractivity contribution in [3.63, 3.8) is 0 Å². The van der Waals surface area contributed by atoms with Gasteiger partial charge in [-0.25, -0.2) is 9.78 Å². The van der Waals surface area contributed by atoms with Crippen LogP contribution in [0.4, 0.5) is 5.82 Å². The quantitative estimate of drug-likeness (QED) is 0.308. The van der Waals surface area contributed by atoms with Crippen molar-refractivity contribution in [1.82, 2.24) is 4.98 Å². The van der Waals surface area contributed by atoms with Gasteiger partial charge >= 0.3 is 5.97 Å². The van der Waals surface area contributed by atoms with E-state index in [0.29, 0.717) is 11.6 Å². The number of carbonyl (C=O) groups is 1. The van der Waals surface area contributed by atoms with Gasteiger partial charge in [0, 0.05) is 17.7 Å². The summed E-state index contributed by atoms with van der Waals surface area (Å²) in [5.41, 5.74) is 4.18. The molecule has 0 bridgehead atoms. The van der Waals surface area contributed by atoms with Gasteiger partial charge in [-0.1, -0.05) is 41.0 Å². The zero-order chi connectivity index (χ0) is 20.8.